The molecule has 1 unspecified atom stereocenters. The van der Waals surface area contributed by atoms with Gasteiger partial charge in [-0.05, 0) is 29.8 Å². The third-order valence-corrected chi connectivity index (χ3v) is 4.46. The van der Waals surface area contributed by atoms with Crippen molar-refractivity contribution in [1.29, 1.82) is 0 Å². The average Bonchev–Trinajstić information content (AvgIpc) is 3.21. The van der Waals surface area contributed by atoms with Gasteiger partial charge in [0.15, 0.2) is 11.4 Å². The Hall–Kier alpha value is -2.73. The molecule has 4 rings (SSSR count). The van der Waals surface area contributed by atoms with Gasteiger partial charge in [-0.25, -0.2) is 0 Å². The van der Waals surface area contributed by atoms with E-state index in [4.69, 9.17) is 4.52 Å². The van der Waals surface area contributed by atoms with Crippen molar-refractivity contribution in [2.75, 3.05) is 13.1 Å². The van der Waals surface area contributed by atoms with Crippen molar-refractivity contribution in [3.05, 3.63) is 59.7 Å². The molecule has 1 aromatic heterocycles. The minimum absolute atomic E-state index is 0.104. The van der Waals surface area contributed by atoms with E-state index in [0.29, 0.717) is 24.4 Å². The molecule has 1 amide bonds. The highest BCUT2D eigenvalue weighted by Crippen LogP contribution is 2.31. The zero-order chi connectivity index (χ0) is 16.7. The second-order valence-corrected chi connectivity index (χ2v) is 6.22. The highest BCUT2D eigenvalue weighted by molar-refractivity contribution is 5.98. The zero-order valence-corrected chi connectivity index (χ0v) is 13.3. The Bertz CT molecular complexity index is 921. The molecule has 122 valence electrons. The van der Waals surface area contributed by atoms with E-state index in [9.17, 15) is 9.90 Å². The lowest BCUT2D eigenvalue weighted by Gasteiger charge is -2.20. The molecule has 1 N–H and O–H groups in total. The first-order valence-corrected chi connectivity index (χ1v) is 7.86. The fraction of sp³-hybridized carbons (Fsp3) is 0.278. The van der Waals surface area contributed by atoms with Gasteiger partial charge in [-0.15, -0.1) is 0 Å². The van der Waals surface area contributed by atoms with E-state index in [2.05, 4.69) is 10.1 Å². The van der Waals surface area contributed by atoms with Crippen LogP contribution < -0.4 is 0 Å². The Balaban J connectivity index is 1.58. The maximum atomic E-state index is 12.8. The molecule has 2 heterocycles. The van der Waals surface area contributed by atoms with Crippen molar-refractivity contribution >= 4 is 16.7 Å². The molecule has 0 radical (unpaired) electrons. The van der Waals surface area contributed by atoms with Crippen LogP contribution in [0.4, 0.5) is 0 Å². The molecule has 0 saturated carbocycles. The van der Waals surface area contributed by atoms with Crippen LogP contribution in [0.15, 0.2) is 47.0 Å². The minimum atomic E-state index is -1.27. The predicted molar refractivity (Wildman–Crippen MR) is 87.4 cm³/mol. The summed E-state index contributed by atoms with van der Waals surface area (Å²) in [5.41, 5.74) is -0.659. The summed E-state index contributed by atoms with van der Waals surface area (Å²) in [6.45, 7) is 2.30. The van der Waals surface area contributed by atoms with Crippen LogP contribution in [-0.4, -0.2) is 39.1 Å². The monoisotopic (exact) mass is 323 g/mol. The maximum absolute atomic E-state index is 12.8. The molecule has 2 aromatic carbocycles. The highest BCUT2D eigenvalue weighted by Gasteiger charge is 2.44. The lowest BCUT2D eigenvalue weighted by molar-refractivity contribution is 0.0136. The molecule has 1 saturated heterocycles. The van der Waals surface area contributed by atoms with Crippen LogP contribution in [0.2, 0.25) is 0 Å². The Morgan fingerprint density at radius 1 is 1.25 bits per heavy atom. The number of aliphatic hydroxyl groups is 1. The zero-order valence-electron chi connectivity index (χ0n) is 13.3. The quantitative estimate of drug-likeness (QED) is 0.782. The molecule has 0 spiro atoms. The summed E-state index contributed by atoms with van der Waals surface area (Å²) in [4.78, 5) is 18.5. The smallest absolute Gasteiger partial charge is 0.260 e. The summed E-state index contributed by atoms with van der Waals surface area (Å²) in [7, 11) is 0. The van der Waals surface area contributed by atoms with Crippen LogP contribution in [0, 0.1) is 6.92 Å². The molecule has 6 nitrogen and oxygen atoms in total. The van der Waals surface area contributed by atoms with Gasteiger partial charge >= 0.3 is 0 Å². The van der Waals surface area contributed by atoms with Crippen molar-refractivity contribution in [1.82, 2.24) is 15.0 Å². The third kappa shape index (κ3) is 2.45. The number of hydrogen-bond acceptors (Lipinski definition) is 5. The molecule has 1 aliphatic heterocycles. The van der Waals surface area contributed by atoms with Gasteiger partial charge in [0.25, 0.3) is 11.8 Å². The van der Waals surface area contributed by atoms with E-state index in [-0.39, 0.29) is 18.3 Å². The van der Waals surface area contributed by atoms with Crippen LogP contribution in [0.25, 0.3) is 10.8 Å². The molecule has 3 aromatic rings. The Morgan fingerprint density at radius 2 is 2.04 bits per heavy atom. The topological polar surface area (TPSA) is 79.5 Å². The number of amides is 1. The summed E-state index contributed by atoms with van der Waals surface area (Å²) < 4.78 is 5.09. The molecule has 24 heavy (non-hydrogen) atoms. The van der Waals surface area contributed by atoms with Gasteiger partial charge < -0.3 is 14.5 Å². The van der Waals surface area contributed by atoms with E-state index in [1.807, 2.05) is 42.5 Å². The first-order valence-electron chi connectivity index (χ1n) is 7.86. The molecule has 1 fully saturated rings. The maximum Gasteiger partial charge on any atom is 0.260 e. The van der Waals surface area contributed by atoms with E-state index in [1.54, 1.807) is 11.8 Å². The van der Waals surface area contributed by atoms with E-state index in [1.165, 1.54) is 0 Å². The number of likely N-dealkylation sites (tertiary alicyclic amines) is 1. The standard InChI is InChI=1S/C18H17N3O3/c1-12-19-17(24-20-12)18(23)8-9-21(11-18)16(22)15-7-6-13-4-2-3-5-14(13)10-15/h2-7,10,23H,8-9,11H2,1H3. The Kier molecular flexibility index (Phi) is 3.35. The SMILES string of the molecule is Cc1noc(C2(O)CCN(C(=O)c3ccc4ccccc4c3)C2)n1. The van der Waals surface area contributed by atoms with Crippen LogP contribution in [0.3, 0.4) is 0 Å². The van der Waals surface area contributed by atoms with Crippen molar-refractivity contribution in [3.8, 4) is 0 Å². The van der Waals surface area contributed by atoms with Crippen molar-refractivity contribution < 1.29 is 14.4 Å². The number of aryl methyl sites for hydroxylation is 1. The first kappa shape index (κ1) is 14.8. The van der Waals surface area contributed by atoms with Crippen LogP contribution in [0.5, 0.6) is 0 Å². The van der Waals surface area contributed by atoms with E-state index >= 15 is 0 Å². The van der Waals surface area contributed by atoms with Gasteiger partial charge in [0.1, 0.15) is 0 Å². The number of fused-ring (bicyclic) bond motifs is 1. The normalized spacial score (nSPS) is 20.7. The van der Waals surface area contributed by atoms with Crippen molar-refractivity contribution in [2.45, 2.75) is 18.9 Å². The number of rotatable bonds is 2. The third-order valence-electron chi connectivity index (χ3n) is 4.46. The number of benzene rings is 2. The molecule has 1 aliphatic rings. The lowest BCUT2D eigenvalue weighted by atomic mass is 10.0. The summed E-state index contributed by atoms with van der Waals surface area (Å²) in [6.07, 6.45) is 0.383. The van der Waals surface area contributed by atoms with Gasteiger partial charge in [-0.2, -0.15) is 4.98 Å². The second-order valence-electron chi connectivity index (χ2n) is 6.22. The summed E-state index contributed by atoms with van der Waals surface area (Å²) in [6, 6.07) is 13.5. The van der Waals surface area contributed by atoms with Gasteiger partial charge in [0, 0.05) is 18.5 Å². The van der Waals surface area contributed by atoms with Gasteiger partial charge in [0.2, 0.25) is 0 Å². The molecule has 0 aliphatic carbocycles. The number of hydrogen-bond donors (Lipinski definition) is 1. The molecule has 1 atom stereocenters. The largest absolute Gasteiger partial charge is 0.378 e. The van der Waals surface area contributed by atoms with Gasteiger partial charge in [-0.1, -0.05) is 35.5 Å². The Labute approximate surface area is 138 Å². The average molecular weight is 323 g/mol. The lowest BCUT2D eigenvalue weighted by Crippen LogP contribution is -2.34. The first-order chi connectivity index (χ1) is 11.5. The van der Waals surface area contributed by atoms with Gasteiger partial charge in [-0.3, -0.25) is 4.79 Å². The van der Waals surface area contributed by atoms with Crippen LogP contribution in [-0.2, 0) is 5.60 Å². The molecular formula is C18H17N3O3. The number of β-amino-alcohol motifs (C(OH)–C–C–N with tert-alkyl or cyclic N) is 1. The van der Waals surface area contributed by atoms with Crippen LogP contribution >= 0.6 is 0 Å². The minimum Gasteiger partial charge on any atom is -0.378 e. The fourth-order valence-corrected chi connectivity index (χ4v) is 3.13. The van der Waals surface area contributed by atoms with Crippen LogP contribution in [0.1, 0.15) is 28.5 Å². The Morgan fingerprint density at radius 3 is 2.79 bits per heavy atom. The molecular weight excluding hydrogens is 306 g/mol. The number of carbonyl (C=O) groups excluding carboxylic acids is 1. The highest BCUT2D eigenvalue weighted by atomic mass is 16.5. The number of aromatic nitrogens is 2. The summed E-state index contributed by atoms with van der Waals surface area (Å²) in [5.74, 6) is 0.541. The summed E-state index contributed by atoms with van der Waals surface area (Å²) in [5, 5.41) is 16.6. The molecule has 6 heteroatoms. The van der Waals surface area contributed by atoms with E-state index in [0.717, 1.165) is 10.8 Å². The van der Waals surface area contributed by atoms with Crippen molar-refractivity contribution in [3.63, 3.8) is 0 Å². The molecule has 0 bridgehead atoms. The number of carbonyl (C=O) groups is 1. The predicted octanol–water partition coefficient (Wildman–Crippen LogP) is 2.26. The fourth-order valence-electron chi connectivity index (χ4n) is 3.13. The summed E-state index contributed by atoms with van der Waals surface area (Å²) >= 11 is 0. The van der Waals surface area contributed by atoms with Crippen molar-refractivity contribution in [2.24, 2.45) is 0 Å². The second kappa shape index (κ2) is 5.42. The van der Waals surface area contributed by atoms with E-state index < -0.39 is 5.60 Å². The number of nitrogens with zero attached hydrogens (tertiary/aromatic N) is 3. The van der Waals surface area contributed by atoms with Gasteiger partial charge in [0.05, 0.1) is 6.54 Å².